The summed E-state index contributed by atoms with van der Waals surface area (Å²) in [5.74, 6) is -0.576. The van der Waals surface area contributed by atoms with E-state index >= 15 is 0 Å². The number of nitrogens with zero attached hydrogens (tertiary/aromatic N) is 1. The number of phosphoric ester groups is 1. The highest BCUT2D eigenvalue weighted by Crippen LogP contribution is 2.38. The van der Waals surface area contributed by atoms with Crippen molar-refractivity contribution in [3.05, 3.63) is 85.1 Å². The molecule has 0 aromatic carbocycles. The average molecular weight is 1040 g/mol. The molecular formula is C63H113N2O7P. The number of quaternary nitrogens is 1. The Morgan fingerprint density at radius 2 is 0.877 bits per heavy atom. The summed E-state index contributed by atoms with van der Waals surface area (Å²) in [5.41, 5.74) is 0. The molecule has 0 rings (SSSR count). The van der Waals surface area contributed by atoms with E-state index in [2.05, 4.69) is 99.0 Å². The summed E-state index contributed by atoms with van der Waals surface area (Å²) >= 11 is 0. The maximum atomic E-state index is 13.5. The fourth-order valence-corrected chi connectivity index (χ4v) is 8.91. The first kappa shape index (κ1) is 70.2. The third-order valence-electron chi connectivity index (χ3n) is 12.8. The third-order valence-corrected chi connectivity index (χ3v) is 13.8. The van der Waals surface area contributed by atoms with Crippen LogP contribution in [-0.4, -0.2) is 69.4 Å². The Hall–Kier alpha value is -2.81. The summed E-state index contributed by atoms with van der Waals surface area (Å²) in [7, 11) is 1.16. The van der Waals surface area contributed by atoms with Crippen LogP contribution < -0.4 is 10.2 Å². The number of carbonyl (C=O) groups is 2. The zero-order valence-corrected chi connectivity index (χ0v) is 49.0. The van der Waals surface area contributed by atoms with Crippen molar-refractivity contribution in [3.8, 4) is 0 Å². The van der Waals surface area contributed by atoms with Gasteiger partial charge in [-0.3, -0.25) is 14.2 Å². The number of esters is 1. The summed E-state index contributed by atoms with van der Waals surface area (Å²) in [6.45, 7) is 6.69. The summed E-state index contributed by atoms with van der Waals surface area (Å²) in [6, 6.07) is -0.903. The van der Waals surface area contributed by atoms with E-state index in [1.54, 1.807) is 0 Å². The molecule has 0 aliphatic rings. The zero-order valence-electron chi connectivity index (χ0n) is 48.1. The van der Waals surface area contributed by atoms with Gasteiger partial charge in [0.25, 0.3) is 7.82 Å². The lowest BCUT2D eigenvalue weighted by molar-refractivity contribution is -0.870. The number of amides is 1. The maximum absolute atomic E-state index is 13.5. The lowest BCUT2D eigenvalue weighted by Gasteiger charge is -2.30. The van der Waals surface area contributed by atoms with Gasteiger partial charge in [0.15, 0.2) is 0 Å². The Labute approximate surface area is 450 Å². The van der Waals surface area contributed by atoms with Gasteiger partial charge >= 0.3 is 5.97 Å². The molecule has 10 heteroatoms. The molecule has 1 amide bonds. The molecule has 0 saturated heterocycles. The Kier molecular flexibility index (Phi) is 50.6. The van der Waals surface area contributed by atoms with Crippen molar-refractivity contribution in [2.45, 2.75) is 264 Å². The molecule has 73 heavy (non-hydrogen) atoms. The normalized spacial score (nSPS) is 14.3. The number of unbranched alkanes of at least 4 members (excludes halogenated alkanes) is 25. The summed E-state index contributed by atoms with van der Waals surface area (Å²) in [5, 5.41) is 3.01. The zero-order chi connectivity index (χ0) is 53.6. The summed E-state index contributed by atoms with van der Waals surface area (Å²) in [4.78, 5) is 39.9. The molecule has 0 saturated carbocycles. The van der Waals surface area contributed by atoms with Crippen molar-refractivity contribution < 1.29 is 37.3 Å². The largest absolute Gasteiger partial charge is 0.756 e. The molecule has 0 aromatic rings. The van der Waals surface area contributed by atoms with Gasteiger partial charge in [0, 0.05) is 12.8 Å². The standard InChI is InChI=1S/C63H113N2O7P/c1-7-10-13-16-19-22-25-27-28-29-30-31-32-33-34-35-36-38-40-43-46-49-52-55-62(66)64-60(59-71-73(68,69)70-58-57-65(4,5)6)61(54-51-48-45-42-39-24-21-18-15-12-9-3)72-63(67)56-53-50-47-44-41-37-26-23-20-17-14-11-8-2/h10,13,19,22,27-28,30-31,33-34,37,41,51,54,60-61H,7-9,11-12,14-18,20-21,23-26,29,32,35-36,38-40,42-50,52-53,55-59H2,1-6H3,(H-,64,66,68,69)/b13-10-,22-19-,28-27-,31-30-,34-33-,41-37-,54-51-. The fourth-order valence-electron chi connectivity index (χ4n) is 8.19. The van der Waals surface area contributed by atoms with Crippen LogP contribution in [0.5, 0.6) is 0 Å². The van der Waals surface area contributed by atoms with Crippen LogP contribution in [0.2, 0.25) is 0 Å². The predicted molar refractivity (Wildman–Crippen MR) is 311 cm³/mol. The van der Waals surface area contributed by atoms with Crippen molar-refractivity contribution >= 4 is 19.7 Å². The molecule has 0 aromatic heterocycles. The molecule has 0 aliphatic heterocycles. The number of phosphoric acid groups is 1. The number of nitrogens with one attached hydrogen (secondary N) is 1. The molecule has 1 N–H and O–H groups in total. The van der Waals surface area contributed by atoms with E-state index in [0.29, 0.717) is 23.9 Å². The molecule has 0 radical (unpaired) electrons. The van der Waals surface area contributed by atoms with Gasteiger partial charge in [0.2, 0.25) is 5.91 Å². The van der Waals surface area contributed by atoms with E-state index in [0.717, 1.165) is 109 Å². The van der Waals surface area contributed by atoms with E-state index in [1.807, 2.05) is 33.3 Å². The van der Waals surface area contributed by atoms with Crippen LogP contribution in [0.25, 0.3) is 0 Å². The minimum Gasteiger partial charge on any atom is -0.756 e. The van der Waals surface area contributed by atoms with Crippen LogP contribution in [0.3, 0.4) is 0 Å². The molecule has 9 nitrogen and oxygen atoms in total. The monoisotopic (exact) mass is 1040 g/mol. The van der Waals surface area contributed by atoms with Gasteiger partial charge in [-0.05, 0) is 102 Å². The SMILES string of the molecule is CC/C=C\C/C=C\C/C=C\C/C=C\C/C=C\CCCCCCCCCC(=O)NC(COP(=O)([O-])OCC[N+](C)(C)C)C(/C=C\CCCCCCCCCCC)OC(=O)CCCCC/C=C\CCCCCCCC. The molecule has 422 valence electrons. The number of likely N-dealkylation sites (N-methyl/N-ethyl adjacent to an activating group) is 1. The van der Waals surface area contributed by atoms with Crippen LogP contribution in [0, 0.1) is 0 Å². The maximum Gasteiger partial charge on any atom is 0.306 e. The quantitative estimate of drug-likeness (QED) is 0.0212. The Balaban J connectivity index is 5.23. The van der Waals surface area contributed by atoms with E-state index in [1.165, 1.54) is 103 Å². The number of hydrogen-bond acceptors (Lipinski definition) is 7. The molecule has 0 heterocycles. The van der Waals surface area contributed by atoms with Crippen molar-refractivity contribution in [1.29, 1.82) is 0 Å². The van der Waals surface area contributed by atoms with Crippen LogP contribution >= 0.6 is 7.82 Å². The fraction of sp³-hybridized carbons (Fsp3) is 0.746. The second-order valence-electron chi connectivity index (χ2n) is 21.1. The highest BCUT2D eigenvalue weighted by atomic mass is 31.2. The molecule has 0 bridgehead atoms. The highest BCUT2D eigenvalue weighted by molar-refractivity contribution is 7.45. The van der Waals surface area contributed by atoms with Crippen LogP contribution in [-0.2, 0) is 27.9 Å². The van der Waals surface area contributed by atoms with E-state index < -0.39 is 26.6 Å². The molecule has 0 fully saturated rings. The Morgan fingerprint density at radius 1 is 0.493 bits per heavy atom. The van der Waals surface area contributed by atoms with Crippen molar-refractivity contribution in [3.63, 3.8) is 0 Å². The summed E-state index contributed by atoms with van der Waals surface area (Å²) < 4.78 is 30.2. The topological polar surface area (TPSA) is 114 Å². The van der Waals surface area contributed by atoms with Crippen LogP contribution in [0.4, 0.5) is 0 Å². The van der Waals surface area contributed by atoms with Gasteiger partial charge in [-0.2, -0.15) is 0 Å². The van der Waals surface area contributed by atoms with Gasteiger partial charge < -0.3 is 28.5 Å². The number of hydrogen-bond donors (Lipinski definition) is 1. The first-order valence-electron chi connectivity index (χ1n) is 29.9. The minimum atomic E-state index is -4.70. The van der Waals surface area contributed by atoms with Gasteiger partial charge in [0.05, 0.1) is 33.8 Å². The number of ether oxygens (including phenoxy) is 1. The second-order valence-corrected chi connectivity index (χ2v) is 22.5. The second kappa shape index (κ2) is 52.6. The molecule has 3 atom stereocenters. The third kappa shape index (κ3) is 53.8. The van der Waals surface area contributed by atoms with Gasteiger partial charge in [-0.1, -0.05) is 222 Å². The molecule has 0 spiro atoms. The molecular weight excluding hydrogens is 928 g/mol. The lowest BCUT2D eigenvalue weighted by atomic mass is 10.1. The number of rotatable bonds is 53. The van der Waals surface area contributed by atoms with Crippen LogP contribution in [0.1, 0.15) is 252 Å². The molecule has 0 aliphatic carbocycles. The first-order valence-corrected chi connectivity index (χ1v) is 31.4. The Morgan fingerprint density at radius 3 is 1.34 bits per heavy atom. The Bertz CT molecular complexity index is 1530. The lowest BCUT2D eigenvalue weighted by Crippen LogP contribution is -2.47. The first-order chi connectivity index (χ1) is 35.4. The highest BCUT2D eigenvalue weighted by Gasteiger charge is 2.27. The van der Waals surface area contributed by atoms with E-state index in [4.69, 9.17) is 13.8 Å². The smallest absolute Gasteiger partial charge is 0.306 e. The number of allylic oxidation sites excluding steroid dienone is 13. The van der Waals surface area contributed by atoms with Gasteiger partial charge in [-0.25, -0.2) is 0 Å². The predicted octanol–water partition coefficient (Wildman–Crippen LogP) is 17.6. The van der Waals surface area contributed by atoms with Gasteiger partial charge in [-0.15, -0.1) is 0 Å². The summed E-state index contributed by atoms with van der Waals surface area (Å²) in [6.07, 6.45) is 68.4. The molecule has 3 unspecified atom stereocenters. The van der Waals surface area contributed by atoms with E-state index in [9.17, 15) is 19.0 Å². The minimum absolute atomic E-state index is 0.0302. The van der Waals surface area contributed by atoms with Gasteiger partial charge in [0.1, 0.15) is 19.3 Å². The van der Waals surface area contributed by atoms with Crippen molar-refractivity contribution in [2.24, 2.45) is 0 Å². The average Bonchev–Trinajstić information content (AvgIpc) is 3.35. The number of carbonyl (C=O) groups excluding carboxylic acids is 2. The van der Waals surface area contributed by atoms with E-state index in [-0.39, 0.29) is 24.9 Å². The van der Waals surface area contributed by atoms with Crippen molar-refractivity contribution in [1.82, 2.24) is 5.32 Å². The van der Waals surface area contributed by atoms with Crippen LogP contribution in [0.15, 0.2) is 85.1 Å². The van der Waals surface area contributed by atoms with Crippen molar-refractivity contribution in [2.75, 3.05) is 40.9 Å².